The summed E-state index contributed by atoms with van der Waals surface area (Å²) in [4.78, 5) is 16.4. The zero-order valence-electron chi connectivity index (χ0n) is 40.0. The van der Waals surface area contributed by atoms with Gasteiger partial charge in [-0.25, -0.2) is 26.1 Å². The Morgan fingerprint density at radius 2 is 1.48 bits per heavy atom. The number of phosphoric ester groups is 1. The van der Waals surface area contributed by atoms with E-state index in [4.69, 9.17) is 29.9 Å². The van der Waals surface area contributed by atoms with Gasteiger partial charge in [0.25, 0.3) is 25.8 Å². The zero-order chi connectivity index (χ0) is 51.5. The van der Waals surface area contributed by atoms with Crippen LogP contribution in [-0.2, 0) is 42.7 Å². The number of morpholine rings is 1. The van der Waals surface area contributed by atoms with Crippen molar-refractivity contribution in [1.82, 2.24) is 9.62 Å². The maximum absolute atomic E-state index is 14.3. The van der Waals surface area contributed by atoms with Gasteiger partial charge in [0.1, 0.15) is 4.90 Å². The number of rotatable bonds is 22. The molecule has 7 rings (SSSR count). The Kier molecular flexibility index (Phi) is 20.7. The van der Waals surface area contributed by atoms with Crippen molar-refractivity contribution >= 4 is 80.7 Å². The number of hydrogen-bond donors (Lipinski definition) is 2. The van der Waals surface area contributed by atoms with Crippen molar-refractivity contribution in [3.05, 3.63) is 137 Å². The molecular weight excluding hydrogens is 1070 g/mol. The van der Waals surface area contributed by atoms with Crippen molar-refractivity contribution in [1.29, 1.82) is 0 Å². The molecule has 2 aliphatic heterocycles. The molecule has 0 radical (unpaired) electrons. The van der Waals surface area contributed by atoms with Crippen LogP contribution in [-0.4, -0.2) is 104 Å². The number of benzene rings is 5. The summed E-state index contributed by atoms with van der Waals surface area (Å²) >= 11 is 7.64. The molecule has 0 spiro atoms. The summed E-state index contributed by atoms with van der Waals surface area (Å²) in [7, 11) is -15.0. The van der Waals surface area contributed by atoms with Gasteiger partial charge in [-0.1, -0.05) is 66.2 Å². The number of phosphoric acid groups is 1. The fourth-order valence-corrected chi connectivity index (χ4v) is 13.1. The molecule has 0 aromatic heterocycles. The summed E-state index contributed by atoms with van der Waals surface area (Å²) in [6.07, 6.45) is 0.892. The number of hydrogen-bond acceptors (Lipinski definition) is 14. The molecule has 2 heterocycles. The van der Waals surface area contributed by atoms with E-state index in [1.807, 2.05) is 71.5 Å². The average molecular weight is 1130 g/mol. The summed E-state index contributed by atoms with van der Waals surface area (Å²) in [5, 5.41) is 3.56. The first-order valence-electron chi connectivity index (χ1n) is 23.4. The predicted octanol–water partition coefficient (Wildman–Crippen LogP) is 11.3. The predicted molar refractivity (Wildman–Crippen MR) is 281 cm³/mol. The SMILES string of the molecule is CCOP(=O)(OCC)O[C@@H](c1ccccc1-c1ccc(Cl)cc1)C1CCN(c2ccc(C(=O)NS(=O)(=O)c3ccc(N[C@H](CCN4CCOCC4)CSc4ccccc4)c(S(=O)(=O)C(F)(F)F)c3)cc2)CC1.Cl. The van der Waals surface area contributed by atoms with Gasteiger partial charge in [-0.3, -0.25) is 23.3 Å². The fraction of sp³-hybridized carbons (Fsp3) is 0.380. The van der Waals surface area contributed by atoms with E-state index in [0.29, 0.717) is 82.0 Å². The lowest BCUT2D eigenvalue weighted by atomic mass is 9.84. The van der Waals surface area contributed by atoms with Crippen LogP contribution in [0, 0.1) is 5.92 Å². The van der Waals surface area contributed by atoms with Crippen molar-refractivity contribution in [2.24, 2.45) is 5.92 Å². The third-order valence-electron chi connectivity index (χ3n) is 12.2. The van der Waals surface area contributed by atoms with E-state index >= 15 is 0 Å². The molecule has 0 bridgehead atoms. The number of sulfonamides is 1. The second kappa shape index (κ2) is 26.0. The second-order valence-corrected chi connectivity index (χ2v) is 23.8. The summed E-state index contributed by atoms with van der Waals surface area (Å²) in [5.41, 5.74) is -3.01. The number of ether oxygens (including phenoxy) is 1. The molecule has 1 amide bonds. The van der Waals surface area contributed by atoms with Gasteiger partial charge in [0.15, 0.2) is 0 Å². The molecule has 2 aliphatic rings. The summed E-state index contributed by atoms with van der Waals surface area (Å²) < 4.78 is 135. The normalized spacial score (nSPS) is 16.1. The monoisotopic (exact) mass is 1130 g/mol. The Bertz CT molecular complexity index is 2870. The van der Waals surface area contributed by atoms with Crippen LogP contribution in [0.1, 0.15) is 55.1 Å². The number of carbonyl (C=O) groups excluding carboxylic acids is 1. The van der Waals surface area contributed by atoms with Crippen LogP contribution < -0.4 is 14.9 Å². The number of alkyl halides is 3. The van der Waals surface area contributed by atoms with E-state index in [9.17, 15) is 39.4 Å². The maximum atomic E-state index is 14.3. The van der Waals surface area contributed by atoms with Gasteiger partial charge in [-0.05, 0) is 122 Å². The Morgan fingerprint density at radius 3 is 2.11 bits per heavy atom. The van der Waals surface area contributed by atoms with Crippen molar-refractivity contribution in [2.75, 3.05) is 75.1 Å². The first-order chi connectivity index (χ1) is 34.4. The van der Waals surface area contributed by atoms with Crippen LogP contribution in [0.15, 0.2) is 136 Å². The minimum Gasteiger partial charge on any atom is -0.380 e. The van der Waals surface area contributed by atoms with Gasteiger partial charge in [0.05, 0.1) is 43.1 Å². The molecule has 0 aliphatic carbocycles. The van der Waals surface area contributed by atoms with Gasteiger partial charge < -0.3 is 15.0 Å². The van der Waals surface area contributed by atoms with Gasteiger partial charge in [-0.2, -0.15) is 13.2 Å². The number of nitrogens with one attached hydrogen (secondary N) is 2. The summed E-state index contributed by atoms with van der Waals surface area (Å²) in [6, 6.07) is 32.3. The summed E-state index contributed by atoms with van der Waals surface area (Å²) in [6.45, 7) is 7.59. The van der Waals surface area contributed by atoms with Crippen molar-refractivity contribution in [3.63, 3.8) is 0 Å². The van der Waals surface area contributed by atoms with E-state index < -0.39 is 66.7 Å². The molecule has 0 saturated carbocycles. The number of anilines is 2. The van der Waals surface area contributed by atoms with Crippen LogP contribution in [0.5, 0.6) is 0 Å². The van der Waals surface area contributed by atoms with Gasteiger partial charge in [-0.15, -0.1) is 24.2 Å². The highest BCUT2D eigenvalue weighted by molar-refractivity contribution is 7.99. The van der Waals surface area contributed by atoms with E-state index in [1.54, 1.807) is 38.1 Å². The number of nitrogens with zero attached hydrogens (tertiary/aromatic N) is 2. The lowest BCUT2D eigenvalue weighted by Gasteiger charge is -2.38. The first-order valence-corrected chi connectivity index (χ1v) is 29.2. The molecule has 5 aromatic rings. The molecule has 2 saturated heterocycles. The first kappa shape index (κ1) is 58.1. The van der Waals surface area contributed by atoms with Gasteiger partial charge >= 0.3 is 13.3 Å². The third-order valence-corrected chi connectivity index (χ3v) is 18.2. The Hall–Kier alpha value is -4.18. The molecule has 2 fully saturated rings. The summed E-state index contributed by atoms with van der Waals surface area (Å²) in [5.74, 6) is -0.885. The van der Waals surface area contributed by atoms with E-state index in [2.05, 4.69) is 15.1 Å². The van der Waals surface area contributed by atoms with E-state index in [0.717, 1.165) is 39.4 Å². The highest BCUT2D eigenvalue weighted by Gasteiger charge is 2.48. The minimum absolute atomic E-state index is 0. The number of amides is 1. The smallest absolute Gasteiger partial charge is 0.380 e. The maximum Gasteiger partial charge on any atom is 0.501 e. The number of sulfone groups is 1. The minimum atomic E-state index is -6.10. The molecule has 23 heteroatoms. The van der Waals surface area contributed by atoms with E-state index in [1.165, 1.54) is 23.9 Å². The van der Waals surface area contributed by atoms with Crippen LogP contribution in [0.4, 0.5) is 24.5 Å². The van der Waals surface area contributed by atoms with Crippen LogP contribution >= 0.6 is 43.6 Å². The van der Waals surface area contributed by atoms with Gasteiger partial charge in [0, 0.05) is 65.7 Å². The number of thioether (sulfide) groups is 1. The highest BCUT2D eigenvalue weighted by Crippen LogP contribution is 2.56. The van der Waals surface area contributed by atoms with Crippen LogP contribution in [0.3, 0.4) is 0 Å². The zero-order valence-corrected chi connectivity index (χ0v) is 45.0. The Balaban J connectivity index is 0.00000869. The number of halogens is 5. The molecule has 0 unspecified atom stereocenters. The van der Waals surface area contributed by atoms with Crippen molar-refractivity contribution in [3.8, 4) is 11.1 Å². The topological polar surface area (TPSA) is 170 Å². The molecule has 2 N–H and O–H groups in total. The third kappa shape index (κ3) is 15.2. The van der Waals surface area contributed by atoms with Gasteiger partial charge in [0.2, 0.25) is 0 Å². The van der Waals surface area contributed by atoms with Crippen molar-refractivity contribution < 1.29 is 57.7 Å². The average Bonchev–Trinajstić information content (AvgIpc) is 3.37. The lowest BCUT2D eigenvalue weighted by Crippen LogP contribution is -2.39. The second-order valence-electron chi connectivity index (χ2n) is 17.0. The number of carbonyl (C=O) groups is 1. The highest BCUT2D eigenvalue weighted by atomic mass is 35.5. The standard InChI is InChI=1S/C50H57ClF3N4O10PS3.ClH/c1-3-66-69(60,67-4-2)68-48(45-13-9-8-12-44(45)36-14-18-39(51)19-15-36)37-24-28-58(29-25-37)41-20-16-38(17-21-41)49(59)56-72(63,64)43-22-23-46(47(34-43)71(61,62)50(52,53)54)55-40(26-27-57-30-32-65-33-31-57)35-70-42-10-6-5-7-11-42;/h5-23,34,37,40,48,55H,3-4,24-33,35H2,1-2H3,(H,56,59);1H/t40-,48-;/m1./s1. The lowest BCUT2D eigenvalue weighted by molar-refractivity contribution is -0.0436. The number of piperidine rings is 1. The Morgan fingerprint density at radius 1 is 0.849 bits per heavy atom. The fourth-order valence-electron chi connectivity index (χ4n) is 8.54. The molecule has 14 nitrogen and oxygen atoms in total. The largest absolute Gasteiger partial charge is 0.501 e. The Labute approximate surface area is 440 Å². The van der Waals surface area contributed by atoms with E-state index in [-0.39, 0.29) is 37.1 Å². The molecular formula is C50H58Cl2F3N4O10PS3. The van der Waals surface area contributed by atoms with Crippen LogP contribution in [0.2, 0.25) is 5.02 Å². The van der Waals surface area contributed by atoms with Crippen molar-refractivity contribution in [2.45, 2.75) is 65.5 Å². The van der Waals surface area contributed by atoms with Crippen LogP contribution in [0.25, 0.3) is 11.1 Å². The molecule has 5 aromatic carbocycles. The molecule has 2 atom stereocenters. The molecule has 396 valence electrons. The quantitative estimate of drug-likeness (QED) is 0.0496. The molecule has 73 heavy (non-hydrogen) atoms.